The Morgan fingerprint density at radius 2 is 2.44 bits per heavy atom. The van der Waals surface area contributed by atoms with E-state index in [2.05, 4.69) is 45.0 Å². The van der Waals surface area contributed by atoms with Gasteiger partial charge in [-0.05, 0) is 47.7 Å². The lowest BCUT2D eigenvalue weighted by atomic mass is 10.2. The minimum atomic E-state index is 0.0609. The van der Waals surface area contributed by atoms with Crippen molar-refractivity contribution in [2.75, 3.05) is 31.5 Å². The van der Waals surface area contributed by atoms with E-state index in [1.807, 2.05) is 24.3 Å². The number of carbonyl (C=O) groups is 1. The summed E-state index contributed by atoms with van der Waals surface area (Å²) in [5, 5.41) is 6.27. The third kappa shape index (κ3) is 3.93. The Labute approximate surface area is 121 Å². The molecule has 0 aromatic heterocycles. The van der Waals surface area contributed by atoms with Crippen molar-refractivity contribution in [2.24, 2.45) is 0 Å². The van der Waals surface area contributed by atoms with Crippen LogP contribution in [0.1, 0.15) is 6.92 Å². The molecule has 18 heavy (non-hydrogen) atoms. The summed E-state index contributed by atoms with van der Waals surface area (Å²) >= 11 is 2.24. The highest BCUT2D eigenvalue weighted by molar-refractivity contribution is 14.1. The topological polar surface area (TPSA) is 44.4 Å². The second-order valence-electron chi connectivity index (χ2n) is 4.58. The largest absolute Gasteiger partial charge is 0.325 e. The third-order valence-corrected chi connectivity index (χ3v) is 3.76. The van der Waals surface area contributed by atoms with Crippen molar-refractivity contribution >= 4 is 34.2 Å². The number of carbonyl (C=O) groups excluding carboxylic acids is 1. The van der Waals surface area contributed by atoms with Gasteiger partial charge in [0.25, 0.3) is 0 Å². The molecule has 0 radical (unpaired) electrons. The fourth-order valence-corrected chi connectivity index (χ4v) is 2.61. The van der Waals surface area contributed by atoms with E-state index in [1.165, 1.54) is 0 Å². The average Bonchev–Trinajstić information content (AvgIpc) is 2.32. The Balaban J connectivity index is 1.88. The van der Waals surface area contributed by atoms with Crippen LogP contribution in [0.4, 0.5) is 5.69 Å². The van der Waals surface area contributed by atoms with E-state index in [0.29, 0.717) is 12.6 Å². The van der Waals surface area contributed by atoms with Crippen molar-refractivity contribution in [3.8, 4) is 0 Å². The zero-order valence-corrected chi connectivity index (χ0v) is 12.6. The first-order valence-corrected chi connectivity index (χ1v) is 7.23. The van der Waals surface area contributed by atoms with E-state index < -0.39 is 0 Å². The van der Waals surface area contributed by atoms with Crippen molar-refractivity contribution in [3.05, 3.63) is 27.8 Å². The lowest BCUT2D eigenvalue weighted by molar-refractivity contribution is -0.118. The van der Waals surface area contributed by atoms with Gasteiger partial charge in [-0.2, -0.15) is 0 Å². The molecule has 1 saturated heterocycles. The van der Waals surface area contributed by atoms with Gasteiger partial charge in [0.05, 0.1) is 6.54 Å². The van der Waals surface area contributed by atoms with E-state index in [9.17, 15) is 4.79 Å². The summed E-state index contributed by atoms with van der Waals surface area (Å²) in [5.41, 5.74) is 0.870. The summed E-state index contributed by atoms with van der Waals surface area (Å²) in [6, 6.07) is 8.26. The van der Waals surface area contributed by atoms with Gasteiger partial charge in [0.1, 0.15) is 0 Å². The number of hydrogen-bond acceptors (Lipinski definition) is 3. The van der Waals surface area contributed by atoms with Crippen LogP contribution in [-0.2, 0) is 4.79 Å². The van der Waals surface area contributed by atoms with Crippen LogP contribution in [0, 0.1) is 3.57 Å². The first-order chi connectivity index (χ1) is 8.65. The summed E-state index contributed by atoms with van der Waals surface area (Å²) in [4.78, 5) is 14.2. The van der Waals surface area contributed by atoms with Crippen LogP contribution in [0.2, 0.25) is 0 Å². The molecule has 1 fully saturated rings. The molecular weight excluding hydrogens is 341 g/mol. The fourth-order valence-electron chi connectivity index (χ4n) is 2.07. The van der Waals surface area contributed by atoms with Gasteiger partial charge in [0.2, 0.25) is 5.91 Å². The van der Waals surface area contributed by atoms with Crippen LogP contribution in [0.15, 0.2) is 24.3 Å². The van der Waals surface area contributed by atoms with Crippen LogP contribution in [0.25, 0.3) is 0 Å². The number of hydrogen-bond donors (Lipinski definition) is 2. The highest BCUT2D eigenvalue weighted by atomic mass is 127. The molecule has 0 spiro atoms. The van der Waals surface area contributed by atoms with Crippen LogP contribution in [0.5, 0.6) is 0 Å². The third-order valence-electron chi connectivity index (χ3n) is 3.09. The molecule has 2 N–H and O–H groups in total. The standard InChI is InChI=1S/C13H18IN3O/c1-10-8-15-5-6-17(10)9-13(18)16-12-4-2-3-11(14)7-12/h2-4,7,10,15H,5-6,8-9H2,1H3,(H,16,18)/t10-/m0/s1. The van der Waals surface area contributed by atoms with Crippen LogP contribution < -0.4 is 10.6 Å². The number of halogens is 1. The molecule has 1 heterocycles. The van der Waals surface area contributed by atoms with Gasteiger partial charge in [-0.15, -0.1) is 0 Å². The number of amides is 1. The second-order valence-corrected chi connectivity index (χ2v) is 5.83. The predicted octanol–water partition coefficient (Wildman–Crippen LogP) is 1.52. The highest BCUT2D eigenvalue weighted by Crippen LogP contribution is 2.12. The first kappa shape index (κ1) is 13.8. The Bertz CT molecular complexity index is 424. The molecule has 0 bridgehead atoms. The first-order valence-electron chi connectivity index (χ1n) is 6.15. The van der Waals surface area contributed by atoms with Crippen molar-refractivity contribution in [1.29, 1.82) is 0 Å². The Morgan fingerprint density at radius 1 is 1.61 bits per heavy atom. The molecule has 1 amide bonds. The second kappa shape index (κ2) is 6.49. The molecular formula is C13H18IN3O. The van der Waals surface area contributed by atoms with E-state index >= 15 is 0 Å². The molecule has 4 nitrogen and oxygen atoms in total. The summed E-state index contributed by atoms with van der Waals surface area (Å²) in [7, 11) is 0. The average molecular weight is 359 g/mol. The van der Waals surface area contributed by atoms with Crippen molar-refractivity contribution in [2.45, 2.75) is 13.0 Å². The molecule has 0 unspecified atom stereocenters. The Kier molecular flexibility index (Phi) is 4.96. The van der Waals surface area contributed by atoms with Gasteiger partial charge in [0.15, 0.2) is 0 Å². The molecule has 1 aliphatic heterocycles. The summed E-state index contributed by atoms with van der Waals surface area (Å²) in [5.74, 6) is 0.0609. The Hall–Kier alpha value is -0.660. The predicted molar refractivity (Wildman–Crippen MR) is 81.7 cm³/mol. The van der Waals surface area contributed by atoms with E-state index in [1.54, 1.807) is 0 Å². The zero-order valence-electron chi connectivity index (χ0n) is 10.4. The minimum Gasteiger partial charge on any atom is -0.325 e. The van der Waals surface area contributed by atoms with Gasteiger partial charge in [-0.25, -0.2) is 0 Å². The molecule has 1 aromatic carbocycles. The van der Waals surface area contributed by atoms with Crippen molar-refractivity contribution in [3.63, 3.8) is 0 Å². The number of rotatable bonds is 3. The summed E-state index contributed by atoms with van der Waals surface area (Å²) in [6.07, 6.45) is 0. The lowest BCUT2D eigenvalue weighted by Gasteiger charge is -2.33. The smallest absolute Gasteiger partial charge is 0.238 e. The zero-order chi connectivity index (χ0) is 13.0. The SMILES string of the molecule is C[C@H]1CNCCN1CC(=O)Nc1cccc(I)c1. The van der Waals surface area contributed by atoms with Crippen molar-refractivity contribution in [1.82, 2.24) is 10.2 Å². The molecule has 1 atom stereocenters. The minimum absolute atomic E-state index is 0.0609. The van der Waals surface area contributed by atoms with Crippen molar-refractivity contribution < 1.29 is 4.79 Å². The van der Waals surface area contributed by atoms with Gasteiger partial charge in [-0.1, -0.05) is 6.07 Å². The van der Waals surface area contributed by atoms with Crippen LogP contribution >= 0.6 is 22.6 Å². The number of nitrogens with one attached hydrogen (secondary N) is 2. The van der Waals surface area contributed by atoms with Gasteiger partial charge in [-0.3, -0.25) is 9.69 Å². The maximum atomic E-state index is 12.0. The monoisotopic (exact) mass is 359 g/mol. The quantitative estimate of drug-likeness (QED) is 0.805. The number of nitrogens with zero attached hydrogens (tertiary/aromatic N) is 1. The maximum absolute atomic E-state index is 12.0. The lowest BCUT2D eigenvalue weighted by Crippen LogP contribution is -2.51. The molecule has 1 aromatic rings. The molecule has 98 valence electrons. The van der Waals surface area contributed by atoms with E-state index in [0.717, 1.165) is 28.9 Å². The normalized spacial score (nSPS) is 20.7. The molecule has 0 aliphatic carbocycles. The van der Waals surface area contributed by atoms with Gasteiger partial charge < -0.3 is 10.6 Å². The van der Waals surface area contributed by atoms with E-state index in [4.69, 9.17) is 0 Å². The molecule has 1 aliphatic rings. The van der Waals surface area contributed by atoms with E-state index in [-0.39, 0.29) is 5.91 Å². The van der Waals surface area contributed by atoms with Gasteiger partial charge in [0, 0.05) is 34.9 Å². The highest BCUT2D eigenvalue weighted by Gasteiger charge is 2.20. The molecule has 2 rings (SSSR count). The fraction of sp³-hybridized carbons (Fsp3) is 0.462. The Morgan fingerprint density at radius 3 is 3.17 bits per heavy atom. The summed E-state index contributed by atoms with van der Waals surface area (Å²) < 4.78 is 1.13. The summed E-state index contributed by atoms with van der Waals surface area (Å²) in [6.45, 7) is 5.46. The van der Waals surface area contributed by atoms with Crippen LogP contribution in [0.3, 0.4) is 0 Å². The maximum Gasteiger partial charge on any atom is 0.238 e. The molecule has 5 heteroatoms. The number of piperazine rings is 1. The van der Waals surface area contributed by atoms with Crippen LogP contribution in [-0.4, -0.2) is 43.0 Å². The molecule has 0 saturated carbocycles. The van der Waals surface area contributed by atoms with Gasteiger partial charge >= 0.3 is 0 Å². The number of anilines is 1. The number of benzene rings is 1.